The molecule has 18 heteroatoms. The average molecular weight is 639 g/mol. The molecule has 0 aliphatic carbocycles. The maximum absolute atomic E-state index is 13.4. The molecule has 0 radical (unpaired) electrons. The van der Waals surface area contributed by atoms with Gasteiger partial charge in [0.15, 0.2) is 10.3 Å². The van der Waals surface area contributed by atoms with Gasteiger partial charge in [-0.25, -0.2) is 9.97 Å². The van der Waals surface area contributed by atoms with Gasteiger partial charge in [-0.15, -0.1) is 0 Å². The monoisotopic (exact) mass is 638 g/mol. The molecule has 230 valence electrons. The minimum atomic E-state index is -4.66. The highest BCUT2D eigenvalue weighted by Gasteiger charge is 2.37. The lowest BCUT2D eigenvalue weighted by atomic mass is 10.3. The van der Waals surface area contributed by atoms with Crippen LogP contribution in [0, 0.1) is 0 Å². The molecule has 0 unspecified atom stereocenters. The van der Waals surface area contributed by atoms with Crippen molar-refractivity contribution >= 4 is 65.2 Å². The summed E-state index contributed by atoms with van der Waals surface area (Å²) in [6.07, 6.45) is -9.32. The van der Waals surface area contributed by atoms with Crippen LogP contribution in [0.2, 0.25) is 0 Å². The second-order valence-electron chi connectivity index (χ2n) is 10.0. The van der Waals surface area contributed by atoms with E-state index in [4.69, 9.17) is 0 Å². The molecular formula is C24H28F6N8O2S2. The van der Waals surface area contributed by atoms with E-state index >= 15 is 0 Å². The summed E-state index contributed by atoms with van der Waals surface area (Å²) in [5.41, 5.74) is 0.493. The van der Waals surface area contributed by atoms with E-state index in [2.05, 4.69) is 20.6 Å². The highest BCUT2D eigenvalue weighted by molar-refractivity contribution is 7.24. The highest BCUT2D eigenvalue weighted by atomic mass is 32.1. The van der Waals surface area contributed by atoms with E-state index in [9.17, 15) is 35.9 Å². The average Bonchev–Trinajstić information content (AvgIpc) is 3.52. The van der Waals surface area contributed by atoms with Gasteiger partial charge in [-0.1, -0.05) is 22.7 Å². The Morgan fingerprint density at radius 2 is 1.10 bits per heavy atom. The van der Waals surface area contributed by atoms with Gasteiger partial charge in [0, 0.05) is 52.4 Å². The van der Waals surface area contributed by atoms with Gasteiger partial charge in [0.05, 0.1) is 33.5 Å². The van der Waals surface area contributed by atoms with E-state index in [0.29, 0.717) is 71.6 Å². The number of halogens is 6. The Hall–Kier alpha value is -2.64. The van der Waals surface area contributed by atoms with Crippen molar-refractivity contribution in [2.45, 2.75) is 12.4 Å². The third-order valence-electron chi connectivity index (χ3n) is 6.75. The first kappa shape index (κ1) is 30.8. The minimum absolute atomic E-state index is 0.134. The van der Waals surface area contributed by atoms with Crippen LogP contribution in [-0.4, -0.2) is 122 Å². The molecule has 4 heterocycles. The molecule has 0 bridgehead atoms. The van der Waals surface area contributed by atoms with Crippen molar-refractivity contribution in [3.63, 3.8) is 0 Å². The van der Waals surface area contributed by atoms with E-state index in [1.165, 1.54) is 6.07 Å². The number of carbonyl (C=O) groups excluding carboxylic acids is 2. The number of amides is 2. The SMILES string of the molecule is O=C(CN1CCNCC1)N(CC(F)(F)F)c1nc2cc3nc(N(CC(F)(F)F)C(=O)CN4CCNCC4)sc3cc2s1. The minimum Gasteiger partial charge on any atom is -0.314 e. The fourth-order valence-electron chi connectivity index (χ4n) is 4.73. The number of rotatable bonds is 8. The number of alkyl halides is 6. The largest absolute Gasteiger partial charge is 0.406 e. The summed E-state index contributed by atoms with van der Waals surface area (Å²) in [5, 5.41) is 5.97. The maximum Gasteiger partial charge on any atom is 0.406 e. The van der Waals surface area contributed by atoms with Crippen molar-refractivity contribution in [2.75, 3.05) is 88.3 Å². The summed E-state index contributed by atoms with van der Waals surface area (Å²) < 4.78 is 81.6. The van der Waals surface area contributed by atoms with Crippen LogP contribution in [0.3, 0.4) is 0 Å². The summed E-state index contributed by atoms with van der Waals surface area (Å²) in [5.74, 6) is -1.47. The summed E-state index contributed by atoms with van der Waals surface area (Å²) in [7, 11) is 0. The second kappa shape index (κ2) is 12.5. The van der Waals surface area contributed by atoms with Crippen LogP contribution in [-0.2, 0) is 9.59 Å². The molecule has 2 aliphatic heterocycles. The molecule has 2 fully saturated rings. The summed E-state index contributed by atoms with van der Waals surface area (Å²) in [4.78, 5) is 39.3. The number of aromatic nitrogens is 2. The van der Waals surface area contributed by atoms with Gasteiger partial charge in [-0.05, 0) is 12.1 Å². The predicted molar refractivity (Wildman–Crippen MR) is 148 cm³/mol. The Kier molecular flexibility index (Phi) is 9.19. The first-order valence-electron chi connectivity index (χ1n) is 13.2. The molecule has 0 spiro atoms. The highest BCUT2D eigenvalue weighted by Crippen LogP contribution is 2.37. The van der Waals surface area contributed by atoms with Crippen molar-refractivity contribution in [2.24, 2.45) is 0 Å². The number of nitrogens with zero attached hydrogens (tertiary/aromatic N) is 6. The lowest BCUT2D eigenvalue weighted by Crippen LogP contribution is -2.50. The molecule has 2 N–H and O–H groups in total. The van der Waals surface area contributed by atoms with E-state index in [1.54, 1.807) is 15.9 Å². The topological polar surface area (TPSA) is 96.9 Å². The number of anilines is 2. The first-order chi connectivity index (χ1) is 19.8. The Labute approximate surface area is 244 Å². The van der Waals surface area contributed by atoms with Gasteiger partial charge >= 0.3 is 12.4 Å². The van der Waals surface area contributed by atoms with Gasteiger partial charge in [0.25, 0.3) is 0 Å². The summed E-state index contributed by atoms with van der Waals surface area (Å²) in [6.45, 7) is 1.22. The van der Waals surface area contributed by atoms with E-state index in [0.717, 1.165) is 22.7 Å². The van der Waals surface area contributed by atoms with Crippen molar-refractivity contribution < 1.29 is 35.9 Å². The molecule has 0 saturated carbocycles. The van der Waals surface area contributed by atoms with Crippen molar-refractivity contribution in [3.8, 4) is 0 Å². The zero-order chi connectivity index (χ0) is 30.1. The first-order valence-corrected chi connectivity index (χ1v) is 14.8. The van der Waals surface area contributed by atoms with Crippen LogP contribution >= 0.6 is 22.7 Å². The van der Waals surface area contributed by atoms with Crippen molar-refractivity contribution in [1.82, 2.24) is 30.4 Å². The Balaban J connectivity index is 1.41. The number of hydrogen-bond acceptors (Lipinski definition) is 10. The van der Waals surface area contributed by atoms with E-state index in [-0.39, 0.29) is 34.4 Å². The van der Waals surface area contributed by atoms with Crippen LogP contribution < -0.4 is 20.4 Å². The van der Waals surface area contributed by atoms with Crippen LogP contribution in [0.4, 0.5) is 36.6 Å². The quantitative estimate of drug-likeness (QED) is 0.364. The lowest BCUT2D eigenvalue weighted by molar-refractivity contribution is -0.133. The predicted octanol–water partition coefficient (Wildman–Crippen LogP) is 2.51. The molecule has 1 aromatic carbocycles. The zero-order valence-electron chi connectivity index (χ0n) is 22.2. The number of benzene rings is 1. The molecule has 5 rings (SSSR count). The van der Waals surface area contributed by atoms with Gasteiger partial charge in [-0.2, -0.15) is 26.3 Å². The lowest BCUT2D eigenvalue weighted by Gasteiger charge is -2.29. The van der Waals surface area contributed by atoms with Crippen LogP contribution in [0.5, 0.6) is 0 Å². The standard InChI is InChI=1S/C24H28F6N8O2S2/c25-23(26,27)13-37(19(39)11-35-5-1-31-2-6-35)21-33-15-9-16-18(10-17(15)41-21)42-22(34-16)38(14-24(28,29)30)20(40)12-36-7-3-32-4-8-36/h9-10,31-32H,1-8,11-14H2. The van der Waals surface area contributed by atoms with Crippen molar-refractivity contribution in [3.05, 3.63) is 12.1 Å². The molecule has 2 amide bonds. The fraction of sp³-hybridized carbons (Fsp3) is 0.583. The number of thiazole rings is 2. The normalized spacial score (nSPS) is 17.7. The van der Waals surface area contributed by atoms with Crippen LogP contribution in [0.15, 0.2) is 12.1 Å². The van der Waals surface area contributed by atoms with Gasteiger partial charge in [0.1, 0.15) is 13.1 Å². The molecule has 2 saturated heterocycles. The molecule has 2 aromatic heterocycles. The Morgan fingerprint density at radius 3 is 1.45 bits per heavy atom. The maximum atomic E-state index is 13.4. The number of nitrogens with one attached hydrogen (secondary N) is 2. The third-order valence-corrected chi connectivity index (χ3v) is 8.83. The molecule has 42 heavy (non-hydrogen) atoms. The van der Waals surface area contributed by atoms with Crippen molar-refractivity contribution in [1.29, 1.82) is 0 Å². The molecular weight excluding hydrogens is 610 g/mol. The molecule has 0 atom stereocenters. The molecule has 2 aliphatic rings. The van der Waals surface area contributed by atoms with E-state index < -0.39 is 37.3 Å². The van der Waals surface area contributed by atoms with Gasteiger partial charge in [0.2, 0.25) is 11.8 Å². The van der Waals surface area contributed by atoms with Crippen LogP contribution in [0.1, 0.15) is 0 Å². The Bertz CT molecular complexity index is 1260. The molecule has 3 aromatic rings. The van der Waals surface area contributed by atoms with Crippen LogP contribution in [0.25, 0.3) is 20.4 Å². The Morgan fingerprint density at radius 1 is 0.714 bits per heavy atom. The van der Waals surface area contributed by atoms with E-state index in [1.807, 2.05) is 0 Å². The fourth-order valence-corrected chi connectivity index (χ4v) is 6.81. The number of hydrogen-bond donors (Lipinski definition) is 2. The zero-order valence-corrected chi connectivity index (χ0v) is 23.9. The molecule has 10 nitrogen and oxygen atoms in total. The smallest absolute Gasteiger partial charge is 0.314 e. The third kappa shape index (κ3) is 7.84. The second-order valence-corrected chi connectivity index (χ2v) is 12.0. The number of carbonyl (C=O) groups is 2. The number of fused-ring (bicyclic) bond motifs is 2. The van der Waals surface area contributed by atoms with Gasteiger partial charge < -0.3 is 10.6 Å². The summed E-state index contributed by atoms with van der Waals surface area (Å²) >= 11 is 1.75. The van der Waals surface area contributed by atoms with Gasteiger partial charge in [-0.3, -0.25) is 29.2 Å². The summed E-state index contributed by atoms with van der Waals surface area (Å²) in [6, 6.07) is 3.01. The number of piperazine rings is 2.